The van der Waals surface area contributed by atoms with E-state index in [4.69, 9.17) is 0 Å². The molecule has 0 radical (unpaired) electrons. The predicted molar refractivity (Wildman–Crippen MR) is 81.5 cm³/mol. The van der Waals surface area contributed by atoms with Gasteiger partial charge in [0.25, 0.3) is 0 Å². The monoisotopic (exact) mass is 276 g/mol. The number of fused-ring (bicyclic) bond motifs is 2. The average Bonchev–Trinajstić information content (AvgIpc) is 3.00. The van der Waals surface area contributed by atoms with Crippen molar-refractivity contribution in [1.82, 2.24) is 0 Å². The lowest BCUT2D eigenvalue weighted by Crippen LogP contribution is -2.20. The number of aliphatic hydroxyl groups is 1. The molecule has 1 aromatic carbocycles. The van der Waals surface area contributed by atoms with Gasteiger partial charge in [0.1, 0.15) is 0 Å². The molecule has 1 N–H and O–H groups in total. The molecule has 4 atom stereocenters. The number of hydrogen-bond donors (Lipinski definition) is 1. The molecule has 0 aromatic heterocycles. The molecule has 104 valence electrons. The molecule has 1 nitrogen and oxygen atoms in total. The quantitative estimate of drug-likeness (QED) is 0.810. The van der Waals surface area contributed by atoms with Gasteiger partial charge in [0.05, 0.1) is 6.10 Å². The smallest absolute Gasteiger partial charge is 0.0636 e. The maximum atomic E-state index is 10.2. The topological polar surface area (TPSA) is 20.2 Å². The van der Waals surface area contributed by atoms with E-state index in [2.05, 4.69) is 31.2 Å². The van der Waals surface area contributed by atoms with Crippen molar-refractivity contribution in [2.24, 2.45) is 17.8 Å². The highest BCUT2D eigenvalue weighted by Crippen LogP contribution is 2.50. The Morgan fingerprint density at radius 1 is 1.21 bits per heavy atom. The van der Waals surface area contributed by atoms with E-state index in [9.17, 15) is 5.11 Å². The van der Waals surface area contributed by atoms with Crippen LogP contribution < -0.4 is 0 Å². The molecular formula is C17H24OS. The van der Waals surface area contributed by atoms with E-state index in [1.54, 1.807) is 11.8 Å². The van der Waals surface area contributed by atoms with Gasteiger partial charge in [-0.1, -0.05) is 24.1 Å². The molecule has 2 bridgehead atoms. The molecule has 2 aliphatic rings. The Labute approximate surface area is 120 Å². The molecule has 2 aliphatic carbocycles. The molecule has 19 heavy (non-hydrogen) atoms. The third kappa shape index (κ3) is 3.35. The number of benzene rings is 1. The number of aryl methyl sites for hydroxylation is 1. The first kappa shape index (κ1) is 13.5. The minimum absolute atomic E-state index is 0.129. The van der Waals surface area contributed by atoms with Gasteiger partial charge in [0.15, 0.2) is 0 Å². The van der Waals surface area contributed by atoms with Crippen LogP contribution in [0.4, 0.5) is 0 Å². The highest BCUT2D eigenvalue weighted by molar-refractivity contribution is 7.99. The summed E-state index contributed by atoms with van der Waals surface area (Å²) in [7, 11) is 0. The van der Waals surface area contributed by atoms with Gasteiger partial charge in [0.2, 0.25) is 0 Å². The van der Waals surface area contributed by atoms with Gasteiger partial charge in [-0.05, 0) is 62.5 Å². The molecule has 3 rings (SSSR count). The minimum atomic E-state index is -0.129. The highest BCUT2D eigenvalue weighted by Gasteiger charge is 2.39. The van der Waals surface area contributed by atoms with E-state index < -0.39 is 0 Å². The predicted octanol–water partition coefficient (Wildman–Crippen LogP) is 4.27. The van der Waals surface area contributed by atoms with Crippen LogP contribution in [-0.4, -0.2) is 17.0 Å². The number of rotatable bonds is 5. The first-order chi connectivity index (χ1) is 9.20. The summed E-state index contributed by atoms with van der Waals surface area (Å²) in [5.74, 6) is 3.58. The number of hydrogen-bond acceptors (Lipinski definition) is 2. The van der Waals surface area contributed by atoms with E-state index in [0.717, 1.165) is 29.9 Å². The van der Waals surface area contributed by atoms with Crippen molar-refractivity contribution in [3.63, 3.8) is 0 Å². The third-order valence-electron chi connectivity index (χ3n) is 4.92. The molecule has 4 unspecified atom stereocenters. The zero-order chi connectivity index (χ0) is 13.2. The van der Waals surface area contributed by atoms with E-state index >= 15 is 0 Å². The van der Waals surface area contributed by atoms with E-state index in [-0.39, 0.29) is 6.10 Å². The Kier molecular flexibility index (Phi) is 4.18. The molecule has 0 spiro atoms. The van der Waals surface area contributed by atoms with Crippen molar-refractivity contribution in [2.45, 2.75) is 50.0 Å². The van der Waals surface area contributed by atoms with Crippen LogP contribution in [0, 0.1) is 24.7 Å². The molecule has 0 amide bonds. The van der Waals surface area contributed by atoms with Crippen LogP contribution in [0.25, 0.3) is 0 Å². The second-order valence-electron chi connectivity index (χ2n) is 6.45. The summed E-state index contributed by atoms with van der Waals surface area (Å²) in [6.07, 6.45) is 6.61. The Bertz CT molecular complexity index is 414. The van der Waals surface area contributed by atoms with Crippen molar-refractivity contribution in [1.29, 1.82) is 0 Å². The van der Waals surface area contributed by atoms with Gasteiger partial charge in [-0.25, -0.2) is 0 Å². The van der Waals surface area contributed by atoms with Crippen molar-refractivity contribution in [3.05, 3.63) is 29.8 Å². The van der Waals surface area contributed by atoms with Crippen molar-refractivity contribution >= 4 is 11.8 Å². The molecule has 1 aromatic rings. The summed E-state index contributed by atoms with van der Waals surface area (Å²) in [5.41, 5.74) is 1.30. The first-order valence-electron chi connectivity index (χ1n) is 7.58. The van der Waals surface area contributed by atoms with Crippen LogP contribution in [0.1, 0.15) is 37.7 Å². The Hall–Kier alpha value is -0.470. The Morgan fingerprint density at radius 3 is 2.63 bits per heavy atom. The molecule has 2 fully saturated rings. The molecule has 2 saturated carbocycles. The number of aliphatic hydroxyl groups excluding tert-OH is 1. The fourth-order valence-electron chi connectivity index (χ4n) is 3.91. The summed E-state index contributed by atoms with van der Waals surface area (Å²) < 4.78 is 0. The van der Waals surface area contributed by atoms with Crippen LogP contribution in [0.2, 0.25) is 0 Å². The first-order valence-corrected chi connectivity index (χ1v) is 8.57. The second kappa shape index (κ2) is 5.88. The van der Waals surface area contributed by atoms with Gasteiger partial charge in [-0.15, -0.1) is 11.8 Å². The average molecular weight is 276 g/mol. The second-order valence-corrected chi connectivity index (χ2v) is 7.54. The van der Waals surface area contributed by atoms with Gasteiger partial charge >= 0.3 is 0 Å². The summed E-state index contributed by atoms with van der Waals surface area (Å²) in [6.45, 7) is 2.11. The summed E-state index contributed by atoms with van der Waals surface area (Å²) >= 11 is 1.79. The Morgan fingerprint density at radius 2 is 2.00 bits per heavy atom. The van der Waals surface area contributed by atoms with Crippen LogP contribution in [0.15, 0.2) is 29.2 Å². The molecule has 0 saturated heterocycles. The molecule has 2 heteroatoms. The van der Waals surface area contributed by atoms with E-state index in [0.29, 0.717) is 0 Å². The largest absolute Gasteiger partial charge is 0.392 e. The van der Waals surface area contributed by atoms with Crippen molar-refractivity contribution in [3.8, 4) is 0 Å². The van der Waals surface area contributed by atoms with Gasteiger partial charge in [-0.2, -0.15) is 0 Å². The lowest BCUT2D eigenvalue weighted by molar-refractivity contribution is 0.144. The molecule has 0 aliphatic heterocycles. The minimum Gasteiger partial charge on any atom is -0.392 e. The third-order valence-corrected chi connectivity index (χ3v) is 6.08. The molecule has 0 heterocycles. The lowest BCUT2D eigenvalue weighted by atomic mass is 9.85. The fraction of sp³-hybridized carbons (Fsp3) is 0.647. The zero-order valence-electron chi connectivity index (χ0n) is 11.7. The normalized spacial score (nSPS) is 30.7. The van der Waals surface area contributed by atoms with Gasteiger partial charge in [0, 0.05) is 10.6 Å². The molecular weight excluding hydrogens is 252 g/mol. The Balaban J connectivity index is 1.44. The lowest BCUT2D eigenvalue weighted by Gasteiger charge is -2.24. The maximum absolute atomic E-state index is 10.2. The summed E-state index contributed by atoms with van der Waals surface area (Å²) in [6, 6.07) is 8.60. The van der Waals surface area contributed by atoms with Crippen LogP contribution in [-0.2, 0) is 0 Å². The summed E-state index contributed by atoms with van der Waals surface area (Å²) in [4.78, 5) is 1.28. The maximum Gasteiger partial charge on any atom is 0.0636 e. The fourth-order valence-corrected chi connectivity index (χ4v) is 4.76. The summed E-state index contributed by atoms with van der Waals surface area (Å²) in [5, 5.41) is 10.2. The van der Waals surface area contributed by atoms with Crippen molar-refractivity contribution in [2.75, 3.05) is 5.75 Å². The zero-order valence-corrected chi connectivity index (χ0v) is 12.5. The highest BCUT2D eigenvalue weighted by atomic mass is 32.2. The standard InChI is InChI=1S/C17H24OS/c1-12-2-6-17(7-3-12)19-11-16(18)10-15-9-13-4-5-14(15)8-13/h2-3,6-7,13-16,18H,4-5,8-11H2,1H3. The van der Waals surface area contributed by atoms with E-state index in [1.807, 2.05) is 0 Å². The van der Waals surface area contributed by atoms with Crippen LogP contribution >= 0.6 is 11.8 Å². The van der Waals surface area contributed by atoms with E-state index in [1.165, 1.54) is 36.1 Å². The SMILES string of the molecule is Cc1ccc(SCC(O)CC2CC3CCC2C3)cc1. The van der Waals surface area contributed by atoms with Crippen LogP contribution in [0.3, 0.4) is 0 Å². The van der Waals surface area contributed by atoms with Gasteiger partial charge in [-0.3, -0.25) is 0 Å². The van der Waals surface area contributed by atoms with Crippen LogP contribution in [0.5, 0.6) is 0 Å². The van der Waals surface area contributed by atoms with Crippen molar-refractivity contribution < 1.29 is 5.11 Å². The number of thioether (sulfide) groups is 1. The van der Waals surface area contributed by atoms with Gasteiger partial charge < -0.3 is 5.11 Å².